The molecule has 9 heteroatoms. The van der Waals surface area contributed by atoms with Gasteiger partial charge in [-0.15, -0.1) is 5.10 Å². The van der Waals surface area contributed by atoms with Gasteiger partial charge in [0.05, 0.1) is 17.8 Å². The Balaban J connectivity index is 1.64. The molecule has 0 bridgehead atoms. The van der Waals surface area contributed by atoms with Crippen LogP contribution in [-0.4, -0.2) is 45.6 Å². The van der Waals surface area contributed by atoms with Gasteiger partial charge in [-0.3, -0.25) is 4.79 Å². The van der Waals surface area contributed by atoms with Crippen molar-refractivity contribution in [2.24, 2.45) is 0 Å². The number of carbonyl (C=O) groups is 1. The van der Waals surface area contributed by atoms with E-state index >= 15 is 0 Å². The molecule has 3 rings (SSSR count). The molecule has 26 heavy (non-hydrogen) atoms. The number of nitrogens with one attached hydrogen (secondary N) is 2. The van der Waals surface area contributed by atoms with E-state index < -0.39 is 6.10 Å². The Kier molecular flexibility index (Phi) is 6.13. The van der Waals surface area contributed by atoms with Crippen LogP contribution in [-0.2, 0) is 0 Å². The van der Waals surface area contributed by atoms with Gasteiger partial charge in [0, 0.05) is 16.6 Å². The Morgan fingerprint density at radius 1 is 1.35 bits per heavy atom. The Morgan fingerprint density at radius 2 is 2.00 bits per heavy atom. The standard InChI is InChI=1S/C17H21Cl2N5O2/c1-10-16(22-23-24(10)14-2-4-20-5-3-14)17(26)21-9-15(25)11-6-12(18)8-13(19)7-11/h6-8,14-15,20,25H,2-5,9H2,1H3,(H,21,26). The third kappa shape index (κ3) is 4.35. The van der Waals surface area contributed by atoms with E-state index in [0.717, 1.165) is 31.6 Å². The summed E-state index contributed by atoms with van der Waals surface area (Å²) in [4.78, 5) is 12.4. The molecule has 1 aliphatic heterocycles. The van der Waals surface area contributed by atoms with E-state index in [1.807, 2.05) is 11.6 Å². The first-order valence-electron chi connectivity index (χ1n) is 8.50. The van der Waals surface area contributed by atoms with Gasteiger partial charge in [-0.05, 0) is 56.6 Å². The predicted octanol–water partition coefficient (Wildman–Crippen LogP) is 2.28. The molecule has 1 atom stereocenters. The number of nitrogens with zero attached hydrogens (tertiary/aromatic N) is 3. The van der Waals surface area contributed by atoms with Crippen LogP contribution in [0.5, 0.6) is 0 Å². The highest BCUT2D eigenvalue weighted by atomic mass is 35.5. The van der Waals surface area contributed by atoms with Crippen molar-refractivity contribution in [3.63, 3.8) is 0 Å². The van der Waals surface area contributed by atoms with E-state index in [1.54, 1.807) is 18.2 Å². The normalized spacial score (nSPS) is 16.5. The topological polar surface area (TPSA) is 92.1 Å². The third-order valence-corrected chi connectivity index (χ3v) is 4.96. The maximum absolute atomic E-state index is 12.4. The average Bonchev–Trinajstić information content (AvgIpc) is 3.01. The van der Waals surface area contributed by atoms with Crippen LogP contribution >= 0.6 is 23.2 Å². The maximum Gasteiger partial charge on any atom is 0.273 e. The van der Waals surface area contributed by atoms with Crippen LogP contribution in [0.15, 0.2) is 18.2 Å². The molecule has 0 saturated carbocycles. The fourth-order valence-electron chi connectivity index (χ4n) is 3.11. The highest BCUT2D eigenvalue weighted by molar-refractivity contribution is 6.34. The lowest BCUT2D eigenvalue weighted by Gasteiger charge is -2.23. The minimum absolute atomic E-state index is 0.0230. The SMILES string of the molecule is Cc1c(C(=O)NCC(O)c2cc(Cl)cc(Cl)c2)nnn1C1CCNCC1. The Hall–Kier alpha value is -1.67. The van der Waals surface area contributed by atoms with Crippen LogP contribution in [0.25, 0.3) is 0 Å². The molecule has 1 saturated heterocycles. The van der Waals surface area contributed by atoms with Crippen LogP contribution in [0, 0.1) is 6.92 Å². The molecule has 1 amide bonds. The molecule has 2 aromatic rings. The van der Waals surface area contributed by atoms with Crippen molar-refractivity contribution in [1.29, 1.82) is 0 Å². The largest absolute Gasteiger partial charge is 0.387 e. The zero-order valence-electron chi connectivity index (χ0n) is 14.4. The lowest BCUT2D eigenvalue weighted by atomic mass is 10.1. The zero-order chi connectivity index (χ0) is 18.7. The van der Waals surface area contributed by atoms with Gasteiger partial charge in [-0.1, -0.05) is 28.4 Å². The number of aromatic nitrogens is 3. The molecule has 1 fully saturated rings. The summed E-state index contributed by atoms with van der Waals surface area (Å²) in [5, 5.41) is 25.3. The molecule has 3 N–H and O–H groups in total. The summed E-state index contributed by atoms with van der Waals surface area (Å²) in [7, 11) is 0. The summed E-state index contributed by atoms with van der Waals surface area (Å²) in [6.07, 6.45) is 0.994. The lowest BCUT2D eigenvalue weighted by molar-refractivity contribution is 0.0910. The van der Waals surface area contributed by atoms with E-state index in [2.05, 4.69) is 20.9 Å². The van der Waals surface area contributed by atoms with Gasteiger partial charge in [0.15, 0.2) is 5.69 Å². The molecular weight excluding hydrogens is 377 g/mol. The van der Waals surface area contributed by atoms with Crippen molar-refractivity contribution >= 4 is 29.1 Å². The minimum atomic E-state index is -0.921. The number of piperidine rings is 1. The Bertz CT molecular complexity index is 769. The summed E-state index contributed by atoms with van der Waals surface area (Å²) >= 11 is 11.9. The van der Waals surface area contributed by atoms with Crippen LogP contribution in [0.3, 0.4) is 0 Å². The van der Waals surface area contributed by atoms with E-state index in [-0.39, 0.29) is 24.2 Å². The van der Waals surface area contributed by atoms with Crippen molar-refractivity contribution in [3.8, 4) is 0 Å². The molecule has 1 unspecified atom stereocenters. The Labute approximate surface area is 161 Å². The molecule has 2 heterocycles. The van der Waals surface area contributed by atoms with Crippen molar-refractivity contribution in [1.82, 2.24) is 25.6 Å². The number of amides is 1. The summed E-state index contributed by atoms with van der Waals surface area (Å²) in [6.45, 7) is 3.72. The number of carbonyl (C=O) groups excluding carboxylic acids is 1. The minimum Gasteiger partial charge on any atom is -0.387 e. The van der Waals surface area contributed by atoms with Gasteiger partial charge in [-0.25, -0.2) is 4.68 Å². The fourth-order valence-corrected chi connectivity index (χ4v) is 3.65. The highest BCUT2D eigenvalue weighted by Gasteiger charge is 2.23. The lowest BCUT2D eigenvalue weighted by Crippen LogP contribution is -2.31. The summed E-state index contributed by atoms with van der Waals surface area (Å²) in [5.41, 5.74) is 1.55. The second-order valence-corrected chi connectivity index (χ2v) is 7.25. The molecule has 0 aliphatic carbocycles. The van der Waals surface area contributed by atoms with E-state index in [1.165, 1.54) is 0 Å². The van der Waals surface area contributed by atoms with Crippen molar-refractivity contribution in [2.75, 3.05) is 19.6 Å². The highest BCUT2D eigenvalue weighted by Crippen LogP contribution is 2.23. The number of rotatable bonds is 5. The molecular formula is C17H21Cl2N5O2. The molecule has 0 spiro atoms. The van der Waals surface area contributed by atoms with Crippen molar-refractivity contribution in [3.05, 3.63) is 45.2 Å². The van der Waals surface area contributed by atoms with Crippen LogP contribution < -0.4 is 10.6 Å². The summed E-state index contributed by atoms with van der Waals surface area (Å²) < 4.78 is 1.82. The van der Waals surface area contributed by atoms with Crippen molar-refractivity contribution < 1.29 is 9.90 Å². The number of hydrogen-bond donors (Lipinski definition) is 3. The molecule has 1 aromatic heterocycles. The monoisotopic (exact) mass is 397 g/mol. The molecule has 7 nitrogen and oxygen atoms in total. The van der Waals surface area contributed by atoms with Gasteiger partial charge in [0.2, 0.25) is 0 Å². The van der Waals surface area contributed by atoms with E-state index in [9.17, 15) is 9.90 Å². The van der Waals surface area contributed by atoms with Crippen LogP contribution in [0.4, 0.5) is 0 Å². The van der Waals surface area contributed by atoms with E-state index in [4.69, 9.17) is 23.2 Å². The Morgan fingerprint density at radius 3 is 2.65 bits per heavy atom. The second kappa shape index (κ2) is 8.35. The van der Waals surface area contributed by atoms with Gasteiger partial charge >= 0.3 is 0 Å². The van der Waals surface area contributed by atoms with Gasteiger partial charge < -0.3 is 15.7 Å². The number of hydrogen-bond acceptors (Lipinski definition) is 5. The predicted molar refractivity (Wildman–Crippen MR) is 99.7 cm³/mol. The number of benzene rings is 1. The van der Waals surface area contributed by atoms with Gasteiger partial charge in [0.25, 0.3) is 5.91 Å². The third-order valence-electron chi connectivity index (χ3n) is 4.52. The first kappa shape index (κ1) is 19.1. The van der Waals surface area contributed by atoms with Gasteiger partial charge in [-0.2, -0.15) is 0 Å². The van der Waals surface area contributed by atoms with E-state index in [0.29, 0.717) is 15.6 Å². The zero-order valence-corrected chi connectivity index (χ0v) is 15.9. The van der Waals surface area contributed by atoms with Crippen LogP contribution in [0.1, 0.15) is 46.7 Å². The summed E-state index contributed by atoms with van der Waals surface area (Å²) in [6, 6.07) is 5.07. The smallest absolute Gasteiger partial charge is 0.273 e. The fraction of sp³-hybridized carbons (Fsp3) is 0.471. The number of aliphatic hydroxyl groups excluding tert-OH is 1. The molecule has 140 valence electrons. The first-order chi connectivity index (χ1) is 12.5. The summed E-state index contributed by atoms with van der Waals surface area (Å²) in [5.74, 6) is -0.366. The average molecular weight is 398 g/mol. The maximum atomic E-state index is 12.4. The van der Waals surface area contributed by atoms with Crippen LogP contribution in [0.2, 0.25) is 10.0 Å². The molecule has 0 radical (unpaired) electrons. The molecule has 1 aliphatic rings. The quantitative estimate of drug-likeness (QED) is 0.719. The first-order valence-corrected chi connectivity index (χ1v) is 9.26. The molecule has 1 aromatic carbocycles. The number of halogens is 2. The second-order valence-electron chi connectivity index (χ2n) is 6.38. The number of aliphatic hydroxyl groups is 1. The van der Waals surface area contributed by atoms with Crippen molar-refractivity contribution in [2.45, 2.75) is 31.9 Å². The van der Waals surface area contributed by atoms with Gasteiger partial charge in [0.1, 0.15) is 0 Å².